The quantitative estimate of drug-likeness (QED) is 0.615. The van der Waals surface area contributed by atoms with E-state index in [-0.39, 0.29) is 28.4 Å². The third-order valence-electron chi connectivity index (χ3n) is 2.35. The van der Waals surface area contributed by atoms with E-state index in [0.29, 0.717) is 6.42 Å². The molecule has 1 saturated carbocycles. The number of aromatic hydroxyl groups is 1. The van der Waals surface area contributed by atoms with Crippen molar-refractivity contribution in [2.75, 3.05) is 0 Å². The summed E-state index contributed by atoms with van der Waals surface area (Å²) >= 11 is 5.70. The molecule has 0 spiro atoms. The Balaban J connectivity index is 2.44. The highest BCUT2D eigenvalue weighted by molar-refractivity contribution is 6.26. The maximum absolute atomic E-state index is 11.7. The summed E-state index contributed by atoms with van der Waals surface area (Å²) in [6, 6.07) is 1.25. The summed E-state index contributed by atoms with van der Waals surface area (Å²) in [5.41, 5.74) is -1.08. The summed E-state index contributed by atoms with van der Waals surface area (Å²) in [6.45, 7) is 1.52. The highest BCUT2D eigenvalue weighted by Crippen LogP contribution is 2.39. The van der Waals surface area contributed by atoms with E-state index in [1.165, 1.54) is 13.0 Å². The third-order valence-corrected chi connectivity index (χ3v) is 2.83. The Morgan fingerprint density at radius 2 is 2.27 bits per heavy atom. The lowest BCUT2D eigenvalue weighted by Crippen LogP contribution is -2.16. The summed E-state index contributed by atoms with van der Waals surface area (Å²) in [5, 5.41) is 9.26. The van der Waals surface area contributed by atoms with Gasteiger partial charge in [0, 0.05) is 17.4 Å². The predicted molar refractivity (Wildman–Crippen MR) is 53.5 cm³/mol. The Morgan fingerprint density at radius 3 is 2.73 bits per heavy atom. The number of Topliss-reactive ketones (excluding diaryl/α,β-unsaturated/α-hetero) is 1. The molecule has 0 amide bonds. The van der Waals surface area contributed by atoms with Crippen LogP contribution >= 0.6 is 11.6 Å². The van der Waals surface area contributed by atoms with Gasteiger partial charge in [0.05, 0.1) is 0 Å². The zero-order chi connectivity index (χ0) is 11.2. The lowest BCUT2D eigenvalue weighted by Gasteiger charge is -2.01. The molecule has 1 aliphatic rings. The molecule has 1 aromatic heterocycles. The molecule has 1 heterocycles. The lowest BCUT2D eigenvalue weighted by molar-refractivity contribution is 0.0961. The smallest absolute Gasteiger partial charge is 0.350 e. The Labute approximate surface area is 90.5 Å². The van der Waals surface area contributed by atoms with Crippen LogP contribution in [0.5, 0.6) is 5.75 Å². The van der Waals surface area contributed by atoms with E-state index in [1.807, 2.05) is 0 Å². The van der Waals surface area contributed by atoms with Crippen molar-refractivity contribution in [2.45, 2.75) is 18.7 Å². The van der Waals surface area contributed by atoms with Gasteiger partial charge in [-0.25, -0.2) is 4.79 Å². The van der Waals surface area contributed by atoms with Gasteiger partial charge in [-0.05, 0) is 13.3 Å². The van der Waals surface area contributed by atoms with Crippen molar-refractivity contribution in [3.63, 3.8) is 0 Å². The predicted octanol–water partition coefficient (Wildman–Crippen LogP) is 1.46. The first kappa shape index (κ1) is 10.2. The molecular weight excluding hydrogens is 220 g/mol. The minimum Gasteiger partial charge on any atom is -0.507 e. The van der Waals surface area contributed by atoms with E-state index in [0.717, 1.165) is 0 Å². The first-order chi connectivity index (χ1) is 7.00. The number of hydrogen-bond donors (Lipinski definition) is 1. The molecule has 80 valence electrons. The summed E-state index contributed by atoms with van der Waals surface area (Å²) < 4.78 is 4.74. The van der Waals surface area contributed by atoms with Gasteiger partial charge in [-0.15, -0.1) is 11.6 Å². The molecule has 2 atom stereocenters. The fourth-order valence-electron chi connectivity index (χ4n) is 1.44. The average Bonchev–Trinajstić information content (AvgIpc) is 2.80. The maximum Gasteiger partial charge on any atom is 0.350 e. The number of halogens is 1. The monoisotopic (exact) mass is 228 g/mol. The molecule has 0 aliphatic heterocycles. The van der Waals surface area contributed by atoms with Crippen LogP contribution in [0.1, 0.15) is 22.5 Å². The van der Waals surface area contributed by atoms with Gasteiger partial charge in [-0.3, -0.25) is 4.79 Å². The zero-order valence-electron chi connectivity index (χ0n) is 7.99. The standard InChI is InChI=1S/C10H9ClO4/c1-4-2-7(12)8(10(14)15-4)9(13)5-3-6(5)11/h2,5-6,12H,3H2,1H3. The maximum atomic E-state index is 11.7. The average molecular weight is 229 g/mol. The second-order valence-corrected chi connectivity index (χ2v) is 4.19. The fraction of sp³-hybridized carbons (Fsp3) is 0.400. The molecule has 0 saturated heterocycles. The van der Waals surface area contributed by atoms with Crippen molar-refractivity contribution in [3.05, 3.63) is 27.8 Å². The molecule has 2 rings (SSSR count). The third kappa shape index (κ3) is 1.77. The summed E-state index contributed by atoms with van der Waals surface area (Å²) in [4.78, 5) is 23.0. The van der Waals surface area contributed by atoms with Gasteiger partial charge >= 0.3 is 5.63 Å². The molecule has 5 heteroatoms. The van der Waals surface area contributed by atoms with Gasteiger partial charge in [0.1, 0.15) is 17.1 Å². The van der Waals surface area contributed by atoms with Gasteiger partial charge in [0.2, 0.25) is 0 Å². The van der Waals surface area contributed by atoms with Crippen LogP contribution in [-0.2, 0) is 0 Å². The molecule has 4 nitrogen and oxygen atoms in total. The molecule has 2 unspecified atom stereocenters. The summed E-state index contributed by atoms with van der Waals surface area (Å²) in [7, 11) is 0. The Bertz CT molecular complexity index is 477. The highest BCUT2D eigenvalue weighted by Gasteiger charge is 2.43. The Hall–Kier alpha value is -1.29. The second kappa shape index (κ2) is 3.38. The largest absolute Gasteiger partial charge is 0.507 e. The minimum atomic E-state index is -0.798. The van der Waals surface area contributed by atoms with E-state index in [1.54, 1.807) is 0 Å². The molecule has 1 N–H and O–H groups in total. The molecular formula is C10H9ClO4. The van der Waals surface area contributed by atoms with Crippen LogP contribution in [0, 0.1) is 12.8 Å². The van der Waals surface area contributed by atoms with Gasteiger partial charge in [0.25, 0.3) is 0 Å². The number of rotatable bonds is 2. The number of alkyl halides is 1. The zero-order valence-corrected chi connectivity index (χ0v) is 8.75. The van der Waals surface area contributed by atoms with Crippen LogP contribution < -0.4 is 5.63 Å². The van der Waals surface area contributed by atoms with E-state index in [9.17, 15) is 14.7 Å². The Kier molecular flexibility index (Phi) is 2.31. The lowest BCUT2D eigenvalue weighted by atomic mass is 10.1. The summed E-state index contributed by atoms with van der Waals surface area (Å²) in [6.07, 6.45) is 0.549. The highest BCUT2D eigenvalue weighted by atomic mass is 35.5. The first-order valence-electron chi connectivity index (χ1n) is 4.52. The van der Waals surface area contributed by atoms with Crippen LogP contribution in [0.4, 0.5) is 0 Å². The SMILES string of the molecule is Cc1cc(O)c(C(=O)C2CC2Cl)c(=O)o1. The van der Waals surface area contributed by atoms with Crippen molar-refractivity contribution in [3.8, 4) is 5.75 Å². The van der Waals surface area contributed by atoms with Crippen LogP contribution in [0.3, 0.4) is 0 Å². The van der Waals surface area contributed by atoms with Crippen LogP contribution in [0.25, 0.3) is 0 Å². The van der Waals surface area contributed by atoms with Crippen molar-refractivity contribution in [1.29, 1.82) is 0 Å². The van der Waals surface area contributed by atoms with Crippen molar-refractivity contribution in [2.24, 2.45) is 5.92 Å². The van der Waals surface area contributed by atoms with E-state index < -0.39 is 11.4 Å². The topological polar surface area (TPSA) is 67.5 Å². The fourth-order valence-corrected chi connectivity index (χ4v) is 1.75. The minimum absolute atomic E-state index is 0.224. The summed E-state index contributed by atoms with van der Waals surface area (Å²) in [5.74, 6) is -0.846. The van der Waals surface area contributed by atoms with Crippen LogP contribution in [0.15, 0.2) is 15.3 Å². The van der Waals surface area contributed by atoms with Crippen molar-refractivity contribution in [1.82, 2.24) is 0 Å². The molecule has 1 aromatic rings. The van der Waals surface area contributed by atoms with Gasteiger partial charge < -0.3 is 9.52 Å². The van der Waals surface area contributed by atoms with E-state index >= 15 is 0 Å². The number of ketones is 1. The molecule has 0 bridgehead atoms. The second-order valence-electron chi connectivity index (χ2n) is 3.63. The molecule has 0 radical (unpaired) electrons. The molecule has 15 heavy (non-hydrogen) atoms. The van der Waals surface area contributed by atoms with Crippen molar-refractivity contribution < 1.29 is 14.3 Å². The number of carbonyl (C=O) groups excluding carboxylic acids is 1. The number of carbonyl (C=O) groups is 1. The number of aryl methyl sites for hydroxylation is 1. The van der Waals surface area contributed by atoms with Crippen molar-refractivity contribution >= 4 is 17.4 Å². The van der Waals surface area contributed by atoms with E-state index in [2.05, 4.69) is 0 Å². The first-order valence-corrected chi connectivity index (χ1v) is 4.96. The van der Waals surface area contributed by atoms with E-state index in [4.69, 9.17) is 16.0 Å². The molecule has 1 aliphatic carbocycles. The normalized spacial score (nSPS) is 23.9. The van der Waals surface area contributed by atoms with Crippen LogP contribution in [0.2, 0.25) is 0 Å². The Morgan fingerprint density at radius 1 is 1.67 bits per heavy atom. The van der Waals surface area contributed by atoms with Crippen LogP contribution in [-0.4, -0.2) is 16.3 Å². The number of hydrogen-bond acceptors (Lipinski definition) is 4. The molecule has 1 fully saturated rings. The van der Waals surface area contributed by atoms with Gasteiger partial charge in [-0.2, -0.15) is 0 Å². The van der Waals surface area contributed by atoms with Gasteiger partial charge in [0.15, 0.2) is 5.78 Å². The van der Waals surface area contributed by atoms with Gasteiger partial charge in [-0.1, -0.05) is 0 Å². The molecule has 0 aromatic carbocycles.